The smallest absolute Gasteiger partial charge is 0.325 e. The number of likely N-dealkylation sites (tertiary alicyclic amines) is 1. The zero-order chi connectivity index (χ0) is 23.3. The molecule has 7 heteroatoms. The van der Waals surface area contributed by atoms with Crippen LogP contribution in [-0.4, -0.2) is 65.2 Å². The lowest BCUT2D eigenvalue weighted by molar-refractivity contribution is -0.143. The molecular weight excluding hydrogens is 428 g/mol. The van der Waals surface area contributed by atoms with Crippen LogP contribution in [0.25, 0.3) is 0 Å². The minimum Gasteiger partial charge on any atom is -0.480 e. The first-order valence-electron chi connectivity index (χ1n) is 13.2. The molecule has 7 nitrogen and oxygen atoms in total. The lowest BCUT2D eigenvalue weighted by Gasteiger charge is -2.35. The molecule has 3 fully saturated rings. The number of aliphatic carboxylic acids is 1. The number of allylic oxidation sites excluding steroid dienone is 1. The molecule has 184 valence electrons. The number of rotatable bonds is 10. The second-order valence-corrected chi connectivity index (χ2v) is 10.4. The molecule has 1 aliphatic carbocycles. The summed E-state index contributed by atoms with van der Waals surface area (Å²) in [5.41, 5.74) is 1.86. The zero-order valence-electron chi connectivity index (χ0n) is 20.0. The molecule has 0 aromatic carbocycles. The second-order valence-electron chi connectivity index (χ2n) is 10.4. The van der Waals surface area contributed by atoms with Gasteiger partial charge in [0, 0.05) is 61.2 Å². The number of hydrogen-bond acceptors (Lipinski definition) is 6. The van der Waals surface area contributed by atoms with Crippen molar-refractivity contribution in [3.8, 4) is 0 Å². The van der Waals surface area contributed by atoms with Crippen LogP contribution in [0.4, 0.5) is 0 Å². The van der Waals surface area contributed by atoms with E-state index in [9.17, 15) is 9.90 Å². The zero-order valence-corrected chi connectivity index (χ0v) is 20.0. The molecule has 3 aliphatic heterocycles. The fraction of sp³-hybridized carbons (Fsp3) is 0.667. The van der Waals surface area contributed by atoms with Gasteiger partial charge in [-0.25, -0.2) is 0 Å². The van der Waals surface area contributed by atoms with Gasteiger partial charge in [0.25, 0.3) is 0 Å². The molecule has 1 aromatic heterocycles. The number of carboxylic acids is 1. The normalized spacial score (nSPS) is 30.1. The van der Waals surface area contributed by atoms with Crippen LogP contribution in [0.1, 0.15) is 81.0 Å². The molecule has 0 bridgehead atoms. The molecule has 5 atom stereocenters. The van der Waals surface area contributed by atoms with Gasteiger partial charge in [-0.2, -0.15) is 0 Å². The molecule has 0 spiro atoms. The Balaban J connectivity index is 1.06. The lowest BCUT2D eigenvalue weighted by atomic mass is 9.80. The van der Waals surface area contributed by atoms with E-state index in [2.05, 4.69) is 32.3 Å². The summed E-state index contributed by atoms with van der Waals surface area (Å²) in [6.45, 7) is 2.18. The van der Waals surface area contributed by atoms with E-state index in [0.717, 1.165) is 62.9 Å². The number of hydrogen-bond donors (Lipinski definition) is 2. The summed E-state index contributed by atoms with van der Waals surface area (Å²) in [4.78, 5) is 23.5. The predicted molar refractivity (Wildman–Crippen MR) is 132 cm³/mol. The van der Waals surface area contributed by atoms with Crippen molar-refractivity contribution in [3.63, 3.8) is 0 Å². The van der Waals surface area contributed by atoms with Crippen LogP contribution in [0.15, 0.2) is 35.5 Å². The molecule has 1 aromatic rings. The molecule has 4 aliphatic rings. The standard InChI is InChI=1S/C27H38N4O3/c32-27(33)25(23-10-5-14-28-24(23)19-6-3-7-19)31-16-13-22(18-31)34-17-2-1-9-21-12-11-20-8-4-15-29-26(20)30-21/h4-5,8,10,14-15,19-22,25-26,30H,1-3,6-7,9,11-13,16-18H2,(H,32,33)/t20?,21-,22-,25?,26?/m1/s1. The fourth-order valence-corrected chi connectivity index (χ4v) is 5.95. The summed E-state index contributed by atoms with van der Waals surface area (Å²) in [6, 6.07) is 3.75. The Morgan fingerprint density at radius 2 is 2.15 bits per heavy atom. The number of pyridine rings is 1. The monoisotopic (exact) mass is 466 g/mol. The van der Waals surface area contributed by atoms with E-state index in [0.29, 0.717) is 24.4 Å². The maximum Gasteiger partial charge on any atom is 0.325 e. The first kappa shape index (κ1) is 23.6. The average molecular weight is 467 g/mol. The van der Waals surface area contributed by atoms with Crippen molar-refractivity contribution >= 4 is 12.2 Å². The molecule has 4 heterocycles. The quantitative estimate of drug-likeness (QED) is 0.506. The second kappa shape index (κ2) is 11.1. The van der Waals surface area contributed by atoms with Gasteiger partial charge in [0.05, 0.1) is 6.10 Å². The highest BCUT2D eigenvalue weighted by Gasteiger charge is 2.37. The maximum atomic E-state index is 12.3. The Labute approximate surface area is 202 Å². The molecular formula is C27H38N4O3. The Bertz CT molecular complexity index is 900. The number of carboxylic acid groups (broad SMARTS) is 1. The van der Waals surface area contributed by atoms with Gasteiger partial charge >= 0.3 is 5.97 Å². The SMILES string of the molecule is O=C(O)C(c1cccnc1C1CCC1)N1CC[C@@H](OCCCC[C@@H]2CCC3C=CC=NC3N2)C1. The van der Waals surface area contributed by atoms with Crippen LogP contribution in [0.3, 0.4) is 0 Å². The van der Waals surface area contributed by atoms with Crippen LogP contribution in [-0.2, 0) is 9.53 Å². The summed E-state index contributed by atoms with van der Waals surface area (Å²) in [5, 5.41) is 13.8. The van der Waals surface area contributed by atoms with Crippen molar-refractivity contribution in [2.45, 2.75) is 88.1 Å². The van der Waals surface area contributed by atoms with Crippen LogP contribution in [0.5, 0.6) is 0 Å². The molecule has 1 saturated carbocycles. The summed E-state index contributed by atoms with van der Waals surface area (Å²) in [5.74, 6) is 0.189. The number of nitrogens with zero attached hydrogens (tertiary/aromatic N) is 3. The average Bonchev–Trinajstić information content (AvgIpc) is 3.27. The number of aliphatic imine (C=N–C) groups is 1. The lowest BCUT2D eigenvalue weighted by Crippen LogP contribution is -2.46. The van der Waals surface area contributed by atoms with Crippen molar-refractivity contribution in [2.24, 2.45) is 10.9 Å². The van der Waals surface area contributed by atoms with Crippen LogP contribution in [0, 0.1) is 5.92 Å². The highest BCUT2D eigenvalue weighted by Crippen LogP contribution is 2.40. The van der Waals surface area contributed by atoms with Crippen molar-refractivity contribution in [2.75, 3.05) is 19.7 Å². The third-order valence-corrected chi connectivity index (χ3v) is 8.09. The third-order valence-electron chi connectivity index (χ3n) is 8.09. The molecule has 2 saturated heterocycles. The Morgan fingerprint density at radius 1 is 1.24 bits per heavy atom. The largest absolute Gasteiger partial charge is 0.480 e. The van der Waals surface area contributed by atoms with Gasteiger partial charge in [-0.3, -0.25) is 25.0 Å². The van der Waals surface area contributed by atoms with E-state index in [1.165, 1.54) is 19.3 Å². The van der Waals surface area contributed by atoms with Crippen LogP contribution < -0.4 is 5.32 Å². The molecule has 34 heavy (non-hydrogen) atoms. The number of piperidine rings is 1. The topological polar surface area (TPSA) is 87.0 Å². The Morgan fingerprint density at radius 3 is 2.97 bits per heavy atom. The minimum atomic E-state index is -0.783. The number of fused-ring (bicyclic) bond motifs is 1. The van der Waals surface area contributed by atoms with Crippen LogP contribution in [0.2, 0.25) is 0 Å². The van der Waals surface area contributed by atoms with Gasteiger partial charge in [0.15, 0.2) is 0 Å². The van der Waals surface area contributed by atoms with Gasteiger partial charge < -0.3 is 9.84 Å². The fourth-order valence-electron chi connectivity index (χ4n) is 5.95. The summed E-state index contributed by atoms with van der Waals surface area (Å²) in [7, 11) is 0. The van der Waals surface area contributed by atoms with Crippen LogP contribution >= 0.6 is 0 Å². The van der Waals surface area contributed by atoms with Crippen molar-refractivity contribution in [1.82, 2.24) is 15.2 Å². The van der Waals surface area contributed by atoms with E-state index < -0.39 is 12.0 Å². The molecule has 0 radical (unpaired) electrons. The van der Waals surface area contributed by atoms with E-state index in [4.69, 9.17) is 4.74 Å². The van der Waals surface area contributed by atoms with Gasteiger partial charge in [0.2, 0.25) is 0 Å². The van der Waals surface area contributed by atoms with Gasteiger partial charge in [-0.05, 0) is 63.5 Å². The Kier molecular flexibility index (Phi) is 7.72. The van der Waals surface area contributed by atoms with Crippen molar-refractivity contribution < 1.29 is 14.6 Å². The molecule has 0 amide bonds. The number of aromatic nitrogens is 1. The first-order chi connectivity index (χ1) is 16.7. The third kappa shape index (κ3) is 5.42. The molecule has 5 rings (SSSR count). The highest BCUT2D eigenvalue weighted by molar-refractivity contribution is 5.76. The molecule has 2 N–H and O–H groups in total. The highest BCUT2D eigenvalue weighted by atomic mass is 16.5. The van der Waals surface area contributed by atoms with E-state index in [-0.39, 0.29) is 12.3 Å². The van der Waals surface area contributed by atoms with E-state index in [1.807, 2.05) is 18.3 Å². The summed E-state index contributed by atoms with van der Waals surface area (Å²) >= 11 is 0. The predicted octanol–water partition coefficient (Wildman–Crippen LogP) is 4.07. The minimum absolute atomic E-state index is 0.114. The molecule has 3 unspecified atom stereocenters. The summed E-state index contributed by atoms with van der Waals surface area (Å²) in [6.07, 6.45) is 18.5. The number of unbranched alkanes of at least 4 members (excludes halogenated alkanes) is 1. The van der Waals surface area contributed by atoms with Gasteiger partial charge in [0.1, 0.15) is 12.2 Å². The first-order valence-corrected chi connectivity index (χ1v) is 13.2. The van der Waals surface area contributed by atoms with E-state index >= 15 is 0 Å². The number of carbonyl (C=O) groups is 1. The van der Waals surface area contributed by atoms with Crippen molar-refractivity contribution in [1.29, 1.82) is 0 Å². The van der Waals surface area contributed by atoms with Crippen molar-refractivity contribution in [3.05, 3.63) is 41.7 Å². The van der Waals surface area contributed by atoms with Gasteiger partial charge in [-0.15, -0.1) is 0 Å². The summed E-state index contributed by atoms with van der Waals surface area (Å²) < 4.78 is 6.18. The maximum absolute atomic E-state index is 12.3. The van der Waals surface area contributed by atoms with E-state index in [1.54, 1.807) is 6.20 Å². The number of nitrogens with one attached hydrogen (secondary N) is 1. The Hall–Kier alpha value is -2.09. The number of ether oxygens (including phenoxy) is 1. The number of dihydropyridines is 1. The van der Waals surface area contributed by atoms with Gasteiger partial charge in [-0.1, -0.05) is 18.6 Å².